The Morgan fingerprint density at radius 3 is 0.935 bits per heavy atom. The number of benzene rings is 2. The van der Waals surface area contributed by atoms with E-state index >= 15 is 0 Å². The van der Waals surface area contributed by atoms with Gasteiger partial charge in [0.05, 0.1) is 0 Å². The lowest BCUT2D eigenvalue weighted by atomic mass is 10.0. The molecular formula is C36H48N6O4. The van der Waals surface area contributed by atoms with Crippen LogP contribution in [0.4, 0.5) is 0 Å². The highest BCUT2D eigenvalue weighted by molar-refractivity contribution is 5.86. The van der Waals surface area contributed by atoms with Gasteiger partial charge in [-0.3, -0.25) is 48.6 Å². The number of hydrogen-bond acceptors (Lipinski definition) is 6. The molecule has 0 aliphatic carbocycles. The number of carbonyl (C=O) groups excluding carboxylic acids is 4. The van der Waals surface area contributed by atoms with Crippen molar-refractivity contribution in [2.24, 2.45) is 0 Å². The van der Waals surface area contributed by atoms with Gasteiger partial charge in [0.2, 0.25) is 23.6 Å². The highest BCUT2D eigenvalue weighted by atomic mass is 16.2. The number of rotatable bonds is 12. The molecule has 0 radical (unpaired) electrons. The van der Waals surface area contributed by atoms with Gasteiger partial charge in [-0.2, -0.15) is 0 Å². The first-order valence-electron chi connectivity index (χ1n) is 17.2. The fourth-order valence-electron chi connectivity index (χ4n) is 8.20. The Bertz CT molecular complexity index is 1250. The third kappa shape index (κ3) is 5.29. The molecule has 7 rings (SSSR count). The van der Waals surface area contributed by atoms with Crippen LogP contribution in [0.5, 0.6) is 0 Å². The van der Waals surface area contributed by atoms with Gasteiger partial charge >= 0.3 is 0 Å². The summed E-state index contributed by atoms with van der Waals surface area (Å²) in [5.74, 6) is -0.208. The summed E-state index contributed by atoms with van der Waals surface area (Å²) in [6.07, 6.45) is 0.407. The van der Waals surface area contributed by atoms with Gasteiger partial charge in [-0.25, -0.2) is 0 Å². The predicted molar refractivity (Wildman–Crippen MR) is 174 cm³/mol. The molecule has 6 bridgehead atoms. The number of carbonyl (C=O) groups is 4. The van der Waals surface area contributed by atoms with Crippen LogP contribution in [0, 0.1) is 0 Å². The summed E-state index contributed by atoms with van der Waals surface area (Å²) in [6.45, 7) is 8.89. The molecule has 5 fully saturated rings. The van der Waals surface area contributed by atoms with Crippen LogP contribution in [-0.4, -0.2) is 90.0 Å². The van der Waals surface area contributed by atoms with Crippen molar-refractivity contribution >= 4 is 23.6 Å². The summed E-state index contributed by atoms with van der Waals surface area (Å²) in [6, 6.07) is 20.2. The first-order chi connectivity index (χ1) is 22.4. The molecule has 10 nitrogen and oxygen atoms in total. The molecule has 0 N–H and O–H groups in total. The minimum atomic E-state index is -0.774. The minimum absolute atomic E-state index is 0.0520. The zero-order valence-corrected chi connectivity index (χ0v) is 27.6. The van der Waals surface area contributed by atoms with Gasteiger partial charge in [0.15, 0.2) is 0 Å². The van der Waals surface area contributed by atoms with Crippen molar-refractivity contribution in [3.63, 3.8) is 0 Å². The summed E-state index contributed by atoms with van der Waals surface area (Å²) in [5, 5.41) is 0. The van der Waals surface area contributed by atoms with E-state index in [9.17, 15) is 19.2 Å². The lowest BCUT2D eigenvalue weighted by Crippen LogP contribution is -2.74. The second-order valence-electron chi connectivity index (χ2n) is 13.0. The highest BCUT2D eigenvalue weighted by Crippen LogP contribution is 2.53. The monoisotopic (exact) mass is 628 g/mol. The van der Waals surface area contributed by atoms with Gasteiger partial charge < -0.3 is 0 Å². The van der Waals surface area contributed by atoms with Crippen molar-refractivity contribution in [2.75, 3.05) is 0 Å². The van der Waals surface area contributed by atoms with Crippen molar-refractivity contribution in [1.29, 1.82) is 0 Å². The maximum absolute atomic E-state index is 14.4. The van der Waals surface area contributed by atoms with Gasteiger partial charge in [-0.05, 0) is 36.8 Å². The van der Waals surface area contributed by atoms with Gasteiger partial charge in [-0.1, -0.05) is 88.4 Å². The SMILES string of the molecule is CCCC(=O)N1C2C3N(C(=O)CCC)[C@@H]4[C@@H](N3C(=O)CCC)N(Cc3ccccc3)[C@H]([C@H]1N4Cc1ccccc1)N2C(=O)CCC. The Morgan fingerprint density at radius 2 is 0.696 bits per heavy atom. The molecule has 46 heavy (non-hydrogen) atoms. The molecule has 2 aromatic rings. The van der Waals surface area contributed by atoms with Crippen LogP contribution in [-0.2, 0) is 32.3 Å². The molecule has 0 saturated carbocycles. The van der Waals surface area contributed by atoms with E-state index < -0.39 is 37.0 Å². The van der Waals surface area contributed by atoms with Gasteiger partial charge in [0.1, 0.15) is 37.0 Å². The van der Waals surface area contributed by atoms with Gasteiger partial charge in [-0.15, -0.1) is 0 Å². The number of piperazine rings is 1. The van der Waals surface area contributed by atoms with Crippen LogP contribution in [0.2, 0.25) is 0 Å². The Morgan fingerprint density at radius 1 is 0.435 bits per heavy atom. The molecular weight excluding hydrogens is 580 g/mol. The van der Waals surface area contributed by atoms with Crippen LogP contribution in [0.1, 0.15) is 90.2 Å². The van der Waals surface area contributed by atoms with Crippen LogP contribution in [0.15, 0.2) is 60.7 Å². The van der Waals surface area contributed by atoms with Crippen molar-refractivity contribution in [1.82, 2.24) is 29.4 Å². The minimum Gasteiger partial charge on any atom is -0.299 e. The summed E-state index contributed by atoms with van der Waals surface area (Å²) in [4.78, 5) is 69.6. The molecule has 5 heterocycles. The Labute approximate surface area is 272 Å². The van der Waals surface area contributed by atoms with Crippen LogP contribution < -0.4 is 0 Å². The van der Waals surface area contributed by atoms with Gasteiger partial charge in [0.25, 0.3) is 0 Å². The third-order valence-electron chi connectivity index (χ3n) is 9.86. The number of hydrogen-bond donors (Lipinski definition) is 0. The van der Waals surface area contributed by atoms with E-state index in [4.69, 9.17) is 0 Å². The largest absolute Gasteiger partial charge is 0.299 e. The fourth-order valence-corrected chi connectivity index (χ4v) is 8.20. The highest BCUT2D eigenvalue weighted by Gasteiger charge is 2.74. The molecule has 5 aliphatic heterocycles. The second kappa shape index (κ2) is 13.5. The number of amides is 4. The lowest BCUT2D eigenvalue weighted by Gasteiger charge is -2.55. The Balaban J connectivity index is 1.64. The summed E-state index contributed by atoms with van der Waals surface area (Å²) < 4.78 is 0. The molecule has 0 spiro atoms. The first-order valence-corrected chi connectivity index (χ1v) is 17.2. The van der Waals surface area contributed by atoms with E-state index in [1.54, 1.807) is 0 Å². The molecule has 0 unspecified atom stereocenters. The molecule has 5 aliphatic rings. The second-order valence-corrected chi connectivity index (χ2v) is 13.0. The van der Waals surface area contributed by atoms with Gasteiger partial charge in [0, 0.05) is 38.8 Å². The van der Waals surface area contributed by atoms with E-state index in [1.807, 2.05) is 83.7 Å². The van der Waals surface area contributed by atoms with E-state index in [2.05, 4.69) is 34.1 Å². The summed E-state index contributed by atoms with van der Waals surface area (Å²) >= 11 is 0. The average molecular weight is 629 g/mol. The Kier molecular flexibility index (Phi) is 9.47. The topological polar surface area (TPSA) is 87.7 Å². The molecule has 4 amide bonds. The maximum Gasteiger partial charge on any atom is 0.225 e. The lowest BCUT2D eigenvalue weighted by molar-refractivity contribution is -0.180. The molecule has 246 valence electrons. The number of nitrogens with zero attached hydrogens (tertiary/aromatic N) is 6. The van der Waals surface area contributed by atoms with Crippen LogP contribution in [0.25, 0.3) is 0 Å². The zero-order valence-electron chi connectivity index (χ0n) is 27.6. The molecule has 4 atom stereocenters. The van der Waals surface area contributed by atoms with E-state index in [-0.39, 0.29) is 23.6 Å². The molecule has 10 heteroatoms. The van der Waals surface area contributed by atoms with Crippen LogP contribution >= 0.6 is 0 Å². The van der Waals surface area contributed by atoms with Crippen molar-refractivity contribution in [3.8, 4) is 0 Å². The normalized spacial score (nSPS) is 26.7. The average Bonchev–Trinajstić information content (AvgIpc) is 3.53. The van der Waals surface area contributed by atoms with Crippen LogP contribution in [0.3, 0.4) is 0 Å². The molecule has 5 saturated heterocycles. The smallest absolute Gasteiger partial charge is 0.225 e. The van der Waals surface area contributed by atoms with E-state index in [0.717, 1.165) is 11.1 Å². The van der Waals surface area contributed by atoms with Crippen molar-refractivity contribution in [2.45, 2.75) is 129 Å². The quantitative estimate of drug-likeness (QED) is 0.344. The predicted octanol–water partition coefficient (Wildman–Crippen LogP) is 4.52. The third-order valence-corrected chi connectivity index (χ3v) is 9.86. The van der Waals surface area contributed by atoms with E-state index in [1.165, 1.54) is 0 Å². The molecule has 0 aromatic heterocycles. The Hall–Kier alpha value is -3.76. The fraction of sp³-hybridized carbons (Fsp3) is 0.556. The standard InChI is InChI=1S/C36H48N6O4/c1-5-15-27(43)39-31-32-38(24-26-21-13-10-14-22-26)34-33(37(31)23-25-19-11-9-12-20-25)41(29(45)17-7-3)36(42(34)30(46)18-8-4)35(39)40(32)28(44)16-6-2/h9-14,19-22,31-36H,5-8,15-18,23-24H2,1-4H3/t31-,32-,33+,34+,35?,36?. The summed E-state index contributed by atoms with van der Waals surface area (Å²) in [5.41, 5.74) is 2.10. The van der Waals surface area contributed by atoms with Crippen molar-refractivity contribution in [3.05, 3.63) is 71.8 Å². The first kappa shape index (κ1) is 32.2. The zero-order chi connectivity index (χ0) is 32.5. The molecule has 2 aromatic carbocycles. The summed E-state index contributed by atoms with van der Waals surface area (Å²) in [7, 11) is 0. The maximum atomic E-state index is 14.4. The van der Waals surface area contributed by atoms with Crippen molar-refractivity contribution < 1.29 is 19.2 Å². The van der Waals surface area contributed by atoms with E-state index in [0.29, 0.717) is 64.5 Å².